The van der Waals surface area contributed by atoms with Gasteiger partial charge in [-0.15, -0.1) is 0 Å². The number of hydrogen-bond donors (Lipinski definition) is 1. The van der Waals surface area contributed by atoms with Crippen LogP contribution in [-0.2, 0) is 17.6 Å². The first kappa shape index (κ1) is 25.3. The van der Waals surface area contributed by atoms with Crippen molar-refractivity contribution >= 4 is 11.8 Å². The summed E-state index contributed by atoms with van der Waals surface area (Å²) in [6, 6.07) is 13.3. The number of amides is 2. The fourth-order valence-corrected chi connectivity index (χ4v) is 4.37. The van der Waals surface area contributed by atoms with E-state index in [2.05, 4.69) is 5.32 Å². The van der Waals surface area contributed by atoms with Crippen molar-refractivity contribution in [2.45, 2.75) is 32.7 Å². The van der Waals surface area contributed by atoms with Crippen molar-refractivity contribution in [2.24, 2.45) is 5.92 Å². The smallest absolute Gasteiger partial charge is 0.254 e. The molecule has 8 heteroatoms. The van der Waals surface area contributed by atoms with Gasteiger partial charge >= 0.3 is 0 Å². The number of carbonyl (C=O) groups is 2. The van der Waals surface area contributed by atoms with E-state index < -0.39 is 17.7 Å². The summed E-state index contributed by atoms with van der Waals surface area (Å²) in [4.78, 5) is 28.1. The Labute approximate surface area is 207 Å². The fraction of sp³-hybridized carbons (Fsp3) is 0.286. The van der Waals surface area contributed by atoms with E-state index in [0.717, 1.165) is 23.3 Å². The van der Waals surface area contributed by atoms with Crippen LogP contribution in [-0.4, -0.2) is 35.8 Å². The van der Waals surface area contributed by atoms with Gasteiger partial charge in [-0.3, -0.25) is 9.59 Å². The Bertz CT molecular complexity index is 1260. The number of ether oxygens (including phenoxy) is 1. The first-order chi connectivity index (χ1) is 17.2. The molecule has 1 unspecified atom stereocenters. The molecule has 4 rings (SSSR count). The van der Waals surface area contributed by atoms with Crippen molar-refractivity contribution < 1.29 is 27.5 Å². The lowest BCUT2D eigenvalue weighted by molar-refractivity contribution is -0.127. The molecule has 36 heavy (non-hydrogen) atoms. The van der Waals surface area contributed by atoms with Crippen LogP contribution in [0.15, 0.2) is 60.7 Å². The van der Waals surface area contributed by atoms with Gasteiger partial charge in [-0.25, -0.2) is 13.2 Å². The maximum Gasteiger partial charge on any atom is 0.254 e. The molecule has 0 saturated heterocycles. The van der Waals surface area contributed by atoms with Crippen LogP contribution in [0.3, 0.4) is 0 Å². The van der Waals surface area contributed by atoms with Crippen molar-refractivity contribution in [3.05, 3.63) is 94.8 Å². The first-order valence-electron chi connectivity index (χ1n) is 11.8. The highest BCUT2D eigenvalue weighted by Gasteiger charge is 2.36. The van der Waals surface area contributed by atoms with E-state index in [1.54, 1.807) is 29.2 Å². The largest absolute Gasteiger partial charge is 0.454 e. The van der Waals surface area contributed by atoms with Gasteiger partial charge in [0.2, 0.25) is 5.91 Å². The fourth-order valence-electron chi connectivity index (χ4n) is 4.37. The van der Waals surface area contributed by atoms with Crippen molar-refractivity contribution in [1.29, 1.82) is 0 Å². The molecule has 0 aromatic heterocycles. The SMILES string of the molecule is CC(C)C(C(=O)NCCc1ccc(F)cc1)N1CCc2ccc(Oc3ccc(F)cc3F)cc2C1=O. The molecule has 0 bridgehead atoms. The summed E-state index contributed by atoms with van der Waals surface area (Å²) < 4.78 is 45.9. The van der Waals surface area contributed by atoms with E-state index >= 15 is 0 Å². The topological polar surface area (TPSA) is 58.6 Å². The zero-order chi connectivity index (χ0) is 25.8. The van der Waals surface area contributed by atoms with Crippen LogP contribution >= 0.6 is 0 Å². The average Bonchev–Trinajstić information content (AvgIpc) is 2.84. The molecule has 0 aliphatic carbocycles. The Balaban J connectivity index is 1.47. The summed E-state index contributed by atoms with van der Waals surface area (Å²) in [6.07, 6.45) is 1.09. The number of benzene rings is 3. The van der Waals surface area contributed by atoms with Gasteiger partial charge < -0.3 is 15.0 Å². The van der Waals surface area contributed by atoms with Crippen molar-refractivity contribution in [3.63, 3.8) is 0 Å². The standard InChI is InChI=1S/C28H27F3N2O3/c1-17(2)26(27(34)32-13-11-18-3-6-20(29)7-4-18)33-14-12-19-5-9-22(16-23(19)28(33)35)36-25-10-8-21(30)15-24(25)31/h3-10,15-17,26H,11-14H2,1-2H3,(H,32,34). The van der Waals surface area contributed by atoms with E-state index in [-0.39, 0.29) is 35.0 Å². The van der Waals surface area contributed by atoms with Gasteiger partial charge in [0, 0.05) is 24.7 Å². The summed E-state index contributed by atoms with van der Waals surface area (Å²) >= 11 is 0. The molecule has 2 amide bonds. The number of halogens is 3. The molecule has 0 saturated carbocycles. The van der Waals surface area contributed by atoms with Crippen LogP contribution < -0.4 is 10.1 Å². The Kier molecular flexibility index (Phi) is 7.62. The van der Waals surface area contributed by atoms with Crippen LogP contribution in [0.2, 0.25) is 0 Å². The maximum absolute atomic E-state index is 14.0. The Morgan fingerprint density at radius 3 is 2.42 bits per heavy atom. The van der Waals surface area contributed by atoms with E-state index in [9.17, 15) is 22.8 Å². The number of carbonyl (C=O) groups excluding carboxylic acids is 2. The third-order valence-electron chi connectivity index (χ3n) is 6.18. The zero-order valence-electron chi connectivity index (χ0n) is 20.1. The maximum atomic E-state index is 14.0. The summed E-state index contributed by atoms with van der Waals surface area (Å²) in [5, 5.41) is 2.90. The first-order valence-corrected chi connectivity index (χ1v) is 11.8. The lowest BCUT2D eigenvalue weighted by Crippen LogP contribution is -2.54. The minimum atomic E-state index is -0.849. The highest BCUT2D eigenvalue weighted by Crippen LogP contribution is 2.30. The minimum Gasteiger partial charge on any atom is -0.454 e. The van der Waals surface area contributed by atoms with Gasteiger partial charge in [-0.05, 0) is 66.3 Å². The van der Waals surface area contributed by atoms with Crippen LogP contribution in [0, 0.1) is 23.4 Å². The quantitative estimate of drug-likeness (QED) is 0.462. The number of nitrogens with zero attached hydrogens (tertiary/aromatic N) is 1. The number of rotatable bonds is 8. The van der Waals surface area contributed by atoms with E-state index in [0.29, 0.717) is 31.5 Å². The van der Waals surface area contributed by atoms with Crippen LogP contribution in [0.5, 0.6) is 11.5 Å². The molecule has 0 spiro atoms. The molecule has 3 aromatic carbocycles. The number of hydrogen-bond acceptors (Lipinski definition) is 3. The predicted molar refractivity (Wildman–Crippen MR) is 129 cm³/mol. The van der Waals surface area contributed by atoms with Gasteiger partial charge in [0.1, 0.15) is 23.4 Å². The average molecular weight is 497 g/mol. The van der Waals surface area contributed by atoms with E-state index in [1.165, 1.54) is 24.3 Å². The van der Waals surface area contributed by atoms with Crippen LogP contribution in [0.4, 0.5) is 13.2 Å². The van der Waals surface area contributed by atoms with Gasteiger partial charge in [-0.2, -0.15) is 0 Å². The molecular weight excluding hydrogens is 469 g/mol. The van der Waals surface area contributed by atoms with E-state index in [4.69, 9.17) is 4.74 Å². The van der Waals surface area contributed by atoms with Crippen molar-refractivity contribution in [3.8, 4) is 11.5 Å². The molecule has 0 radical (unpaired) electrons. The molecule has 1 heterocycles. The molecule has 1 N–H and O–H groups in total. The summed E-state index contributed by atoms with van der Waals surface area (Å²) in [6.45, 7) is 4.49. The van der Waals surface area contributed by atoms with Gasteiger partial charge in [-0.1, -0.05) is 32.0 Å². The second kappa shape index (κ2) is 10.8. The Morgan fingerprint density at radius 2 is 1.72 bits per heavy atom. The third-order valence-corrected chi connectivity index (χ3v) is 6.18. The predicted octanol–water partition coefficient (Wildman–Crippen LogP) is 5.28. The molecule has 1 aliphatic rings. The number of fused-ring (bicyclic) bond motifs is 1. The van der Waals surface area contributed by atoms with E-state index in [1.807, 2.05) is 13.8 Å². The lowest BCUT2D eigenvalue weighted by atomic mass is 9.93. The molecule has 3 aromatic rings. The Morgan fingerprint density at radius 1 is 1.00 bits per heavy atom. The highest BCUT2D eigenvalue weighted by atomic mass is 19.1. The molecule has 188 valence electrons. The normalized spacial score (nSPS) is 13.9. The van der Waals surface area contributed by atoms with Crippen LogP contribution in [0.1, 0.15) is 35.3 Å². The Hall–Kier alpha value is -3.81. The van der Waals surface area contributed by atoms with Gasteiger partial charge in [0.25, 0.3) is 5.91 Å². The molecular formula is C28H27F3N2O3. The zero-order valence-corrected chi connectivity index (χ0v) is 20.1. The summed E-state index contributed by atoms with van der Waals surface area (Å²) in [7, 11) is 0. The molecule has 0 fully saturated rings. The third kappa shape index (κ3) is 5.70. The summed E-state index contributed by atoms with van der Waals surface area (Å²) in [5.41, 5.74) is 2.08. The second-order valence-electron chi connectivity index (χ2n) is 9.10. The molecule has 1 aliphatic heterocycles. The number of nitrogens with one attached hydrogen (secondary N) is 1. The minimum absolute atomic E-state index is 0.144. The lowest BCUT2D eigenvalue weighted by Gasteiger charge is -2.36. The molecule has 1 atom stereocenters. The van der Waals surface area contributed by atoms with Crippen LogP contribution in [0.25, 0.3) is 0 Å². The van der Waals surface area contributed by atoms with Gasteiger partial charge in [0.15, 0.2) is 11.6 Å². The second-order valence-corrected chi connectivity index (χ2v) is 9.10. The van der Waals surface area contributed by atoms with Crippen molar-refractivity contribution in [2.75, 3.05) is 13.1 Å². The van der Waals surface area contributed by atoms with Gasteiger partial charge in [0.05, 0.1) is 0 Å². The monoisotopic (exact) mass is 496 g/mol. The summed E-state index contributed by atoms with van der Waals surface area (Å²) in [5.74, 6) is -2.52. The van der Waals surface area contributed by atoms with Crippen molar-refractivity contribution in [1.82, 2.24) is 10.2 Å². The molecule has 5 nitrogen and oxygen atoms in total. The highest BCUT2D eigenvalue weighted by molar-refractivity contribution is 6.00.